The van der Waals surface area contributed by atoms with Gasteiger partial charge in [-0.1, -0.05) is 65.6 Å². The Hall–Kier alpha value is -3.23. The van der Waals surface area contributed by atoms with Crippen molar-refractivity contribution in [2.75, 3.05) is 5.32 Å². The first-order valence-electron chi connectivity index (χ1n) is 9.51. The molecule has 0 fully saturated rings. The third-order valence-electron chi connectivity index (χ3n) is 4.96. The molecule has 31 heavy (non-hydrogen) atoms. The van der Waals surface area contributed by atoms with E-state index in [0.717, 1.165) is 10.1 Å². The average molecular weight is 450 g/mol. The monoisotopic (exact) mass is 449 g/mol. The topological polar surface area (TPSA) is 68.0 Å². The number of aromatic nitrogens is 2. The number of carbonyl (C=O) groups excluding carboxylic acids is 1. The minimum Gasteiger partial charge on any atom is -0.451 e. The van der Waals surface area contributed by atoms with E-state index in [9.17, 15) is 9.18 Å². The second-order valence-electron chi connectivity index (χ2n) is 6.95. The van der Waals surface area contributed by atoms with Crippen LogP contribution in [0.4, 0.5) is 9.52 Å². The van der Waals surface area contributed by atoms with Crippen LogP contribution in [0.1, 0.15) is 21.7 Å². The van der Waals surface area contributed by atoms with Gasteiger partial charge in [0, 0.05) is 16.7 Å². The summed E-state index contributed by atoms with van der Waals surface area (Å²) in [6, 6.07) is 18.7. The molecule has 0 atom stereocenters. The summed E-state index contributed by atoms with van der Waals surface area (Å²) in [5, 5.41) is 14.3. The molecule has 0 bridgehead atoms. The molecule has 1 amide bonds. The molecule has 5 nitrogen and oxygen atoms in total. The lowest BCUT2D eigenvalue weighted by molar-refractivity contribution is 0.0998. The summed E-state index contributed by atoms with van der Waals surface area (Å²) >= 11 is 2.87. The number of furan rings is 1. The van der Waals surface area contributed by atoms with Gasteiger partial charge in [0.1, 0.15) is 11.4 Å². The summed E-state index contributed by atoms with van der Waals surface area (Å²) in [7, 11) is 0. The van der Waals surface area contributed by atoms with Gasteiger partial charge >= 0.3 is 0 Å². The van der Waals surface area contributed by atoms with Crippen molar-refractivity contribution in [3.05, 3.63) is 83.4 Å². The lowest BCUT2D eigenvalue weighted by atomic mass is 10.1. The highest BCUT2D eigenvalue weighted by molar-refractivity contribution is 8.00. The van der Waals surface area contributed by atoms with E-state index in [0.29, 0.717) is 21.7 Å². The van der Waals surface area contributed by atoms with Crippen molar-refractivity contribution in [1.29, 1.82) is 0 Å². The summed E-state index contributed by atoms with van der Waals surface area (Å²) in [4.78, 5) is 12.7. The van der Waals surface area contributed by atoms with Crippen molar-refractivity contribution in [3.8, 4) is 0 Å². The van der Waals surface area contributed by atoms with Crippen molar-refractivity contribution < 1.29 is 13.6 Å². The summed E-state index contributed by atoms with van der Waals surface area (Å²) < 4.78 is 19.9. The second-order valence-corrected chi connectivity index (χ2v) is 9.15. The van der Waals surface area contributed by atoms with Crippen LogP contribution in [0.5, 0.6) is 0 Å². The Kier molecular flexibility index (Phi) is 5.17. The Morgan fingerprint density at radius 1 is 1.10 bits per heavy atom. The van der Waals surface area contributed by atoms with Gasteiger partial charge in [-0.2, -0.15) is 0 Å². The molecule has 154 valence electrons. The fourth-order valence-corrected chi connectivity index (χ4v) is 5.19. The van der Waals surface area contributed by atoms with E-state index in [1.165, 1.54) is 45.9 Å². The van der Waals surface area contributed by atoms with Crippen LogP contribution >= 0.6 is 23.1 Å². The van der Waals surface area contributed by atoms with E-state index in [1.807, 2.05) is 18.2 Å². The molecule has 0 aliphatic carbocycles. The Morgan fingerprint density at radius 2 is 1.94 bits per heavy atom. The number of halogens is 1. The van der Waals surface area contributed by atoms with Crippen LogP contribution in [0, 0.1) is 12.7 Å². The number of amides is 1. The van der Waals surface area contributed by atoms with Crippen LogP contribution in [0.15, 0.2) is 69.4 Å². The van der Waals surface area contributed by atoms with Crippen molar-refractivity contribution in [3.63, 3.8) is 0 Å². The first-order valence-corrected chi connectivity index (χ1v) is 11.3. The largest absolute Gasteiger partial charge is 0.451 e. The normalized spacial score (nSPS) is 11.3. The smallest absolute Gasteiger partial charge is 0.293 e. The maximum atomic E-state index is 13.5. The van der Waals surface area contributed by atoms with Crippen molar-refractivity contribution in [2.45, 2.75) is 17.0 Å². The van der Waals surface area contributed by atoms with Gasteiger partial charge in [-0.05, 0) is 41.5 Å². The molecule has 0 radical (unpaired) electrons. The lowest BCUT2D eigenvalue weighted by Crippen LogP contribution is -2.11. The van der Waals surface area contributed by atoms with Gasteiger partial charge < -0.3 is 4.42 Å². The van der Waals surface area contributed by atoms with E-state index in [-0.39, 0.29) is 11.6 Å². The molecule has 2 heterocycles. The molecule has 0 aliphatic rings. The average Bonchev–Trinajstić information content (AvgIpc) is 3.36. The number of hydrogen-bond acceptors (Lipinski definition) is 6. The quantitative estimate of drug-likeness (QED) is 0.247. The molecule has 0 saturated carbocycles. The first-order chi connectivity index (χ1) is 15.1. The highest BCUT2D eigenvalue weighted by Crippen LogP contribution is 2.32. The van der Waals surface area contributed by atoms with Crippen LogP contribution in [0.3, 0.4) is 0 Å². The van der Waals surface area contributed by atoms with Crippen molar-refractivity contribution in [1.82, 2.24) is 10.2 Å². The Morgan fingerprint density at radius 3 is 2.84 bits per heavy atom. The molecule has 0 saturated heterocycles. The summed E-state index contributed by atoms with van der Waals surface area (Å²) in [5.74, 6) is 0.0787. The maximum Gasteiger partial charge on any atom is 0.293 e. The van der Waals surface area contributed by atoms with Gasteiger partial charge in [0.2, 0.25) is 5.13 Å². The molecule has 8 heteroatoms. The number of nitrogens with zero attached hydrogens (tertiary/aromatic N) is 2. The Balaban J connectivity index is 1.30. The molecule has 0 unspecified atom stereocenters. The van der Waals surface area contributed by atoms with E-state index < -0.39 is 5.91 Å². The zero-order valence-electron chi connectivity index (χ0n) is 16.4. The van der Waals surface area contributed by atoms with Crippen LogP contribution in [0.2, 0.25) is 0 Å². The molecule has 3 aromatic carbocycles. The Labute approximate surface area is 185 Å². The lowest BCUT2D eigenvalue weighted by Gasteiger charge is -2.04. The zero-order valence-corrected chi connectivity index (χ0v) is 18.0. The fourth-order valence-electron chi connectivity index (χ4n) is 3.44. The molecule has 0 aliphatic heterocycles. The number of benzene rings is 3. The third kappa shape index (κ3) is 3.92. The predicted octanol–water partition coefficient (Wildman–Crippen LogP) is 6.43. The molecule has 5 rings (SSSR count). The van der Waals surface area contributed by atoms with Crippen LogP contribution < -0.4 is 5.32 Å². The molecule has 2 aromatic heterocycles. The molecule has 5 aromatic rings. The van der Waals surface area contributed by atoms with Gasteiger partial charge in [0.15, 0.2) is 10.1 Å². The van der Waals surface area contributed by atoms with Crippen LogP contribution in [-0.4, -0.2) is 16.1 Å². The number of fused-ring (bicyclic) bond motifs is 2. The zero-order chi connectivity index (χ0) is 21.4. The van der Waals surface area contributed by atoms with E-state index >= 15 is 0 Å². The van der Waals surface area contributed by atoms with Gasteiger partial charge in [-0.3, -0.25) is 10.1 Å². The first kappa shape index (κ1) is 19.7. The number of hydrogen-bond donors (Lipinski definition) is 1. The minimum atomic E-state index is -0.434. The predicted molar refractivity (Wildman–Crippen MR) is 122 cm³/mol. The van der Waals surface area contributed by atoms with E-state index in [1.54, 1.807) is 18.7 Å². The van der Waals surface area contributed by atoms with E-state index in [2.05, 4.69) is 39.8 Å². The number of thioether (sulfide) groups is 1. The Bertz CT molecular complexity index is 1420. The van der Waals surface area contributed by atoms with E-state index in [4.69, 9.17) is 4.42 Å². The number of anilines is 1. The van der Waals surface area contributed by atoms with Crippen molar-refractivity contribution >= 4 is 55.9 Å². The standard InChI is InChI=1S/C23H16FN3O2S2/c1-13-18-11-16(24)9-10-19(18)29-20(13)21(28)25-22-26-27-23(31-22)30-12-15-7-4-6-14-5-2-3-8-17(14)15/h2-11H,12H2,1H3,(H,25,26,28). The third-order valence-corrected chi connectivity index (χ3v) is 6.98. The van der Waals surface area contributed by atoms with Gasteiger partial charge in [-0.25, -0.2) is 4.39 Å². The summed E-state index contributed by atoms with van der Waals surface area (Å²) in [6.45, 7) is 1.73. The molecular weight excluding hydrogens is 433 g/mol. The number of carbonyl (C=O) groups is 1. The highest BCUT2D eigenvalue weighted by atomic mass is 32.2. The molecular formula is C23H16FN3O2S2. The van der Waals surface area contributed by atoms with Gasteiger partial charge in [0.05, 0.1) is 0 Å². The summed E-state index contributed by atoms with van der Waals surface area (Å²) in [6.07, 6.45) is 0. The maximum absolute atomic E-state index is 13.5. The number of aryl methyl sites for hydroxylation is 1. The second kappa shape index (κ2) is 8.13. The highest BCUT2D eigenvalue weighted by Gasteiger charge is 2.19. The molecule has 1 N–H and O–H groups in total. The fraction of sp³-hybridized carbons (Fsp3) is 0.0870. The summed E-state index contributed by atoms with van der Waals surface area (Å²) in [5.41, 5.74) is 2.27. The minimum absolute atomic E-state index is 0.140. The van der Waals surface area contributed by atoms with Crippen LogP contribution in [-0.2, 0) is 5.75 Å². The van der Waals surface area contributed by atoms with Crippen molar-refractivity contribution in [2.24, 2.45) is 0 Å². The van der Waals surface area contributed by atoms with Gasteiger partial charge in [0.25, 0.3) is 5.91 Å². The SMILES string of the molecule is Cc1c(C(=O)Nc2nnc(SCc3cccc4ccccc34)s2)oc2ccc(F)cc12. The number of nitrogens with one attached hydrogen (secondary N) is 1. The van der Waals surface area contributed by atoms with Gasteiger partial charge in [-0.15, -0.1) is 10.2 Å². The van der Waals surface area contributed by atoms with Crippen LogP contribution in [0.25, 0.3) is 21.7 Å². The molecule has 0 spiro atoms. The number of rotatable bonds is 5.